The Morgan fingerprint density at radius 2 is 1.88 bits per heavy atom. The predicted molar refractivity (Wildman–Crippen MR) is 58.9 cm³/mol. The van der Waals surface area contributed by atoms with Crippen LogP contribution in [0.4, 0.5) is 0 Å². The number of amides is 1. The van der Waals surface area contributed by atoms with E-state index >= 15 is 0 Å². The highest BCUT2D eigenvalue weighted by Crippen LogP contribution is 2.14. The van der Waals surface area contributed by atoms with Crippen molar-refractivity contribution in [3.63, 3.8) is 0 Å². The van der Waals surface area contributed by atoms with Crippen LogP contribution >= 0.6 is 0 Å². The van der Waals surface area contributed by atoms with E-state index in [1.54, 1.807) is 12.1 Å². The van der Waals surface area contributed by atoms with E-state index in [0.29, 0.717) is 5.56 Å². The van der Waals surface area contributed by atoms with Gasteiger partial charge in [-0.2, -0.15) is 0 Å². The number of rotatable bonds is 2. The van der Waals surface area contributed by atoms with Crippen molar-refractivity contribution in [3.8, 4) is 11.1 Å². The fourth-order valence-electron chi connectivity index (χ4n) is 1.37. The Balaban J connectivity index is 2.53. The Labute approximate surface area is 91.3 Å². The number of carbonyl (C=O) groups excluding carboxylic acids is 1. The third-order valence-electron chi connectivity index (χ3n) is 2.16. The molecule has 80 valence electrons. The third-order valence-corrected chi connectivity index (χ3v) is 2.16. The summed E-state index contributed by atoms with van der Waals surface area (Å²) < 4.78 is 4.98. The van der Waals surface area contributed by atoms with Crippen LogP contribution in [-0.2, 0) is 0 Å². The topological polar surface area (TPSA) is 73.3 Å². The summed E-state index contributed by atoms with van der Waals surface area (Å²) in [5.74, 6) is -0.888. The Bertz CT molecular complexity index is 572. The van der Waals surface area contributed by atoms with Gasteiger partial charge in [-0.25, -0.2) is 0 Å². The maximum Gasteiger partial charge on any atom is 0.284 e. The summed E-state index contributed by atoms with van der Waals surface area (Å²) in [4.78, 5) is 22.5. The molecule has 1 amide bonds. The molecule has 1 aromatic heterocycles. The van der Waals surface area contributed by atoms with E-state index in [1.807, 2.05) is 18.2 Å². The summed E-state index contributed by atoms with van der Waals surface area (Å²) in [6, 6.07) is 10.2. The molecule has 0 saturated heterocycles. The van der Waals surface area contributed by atoms with E-state index in [-0.39, 0.29) is 11.2 Å². The van der Waals surface area contributed by atoms with Gasteiger partial charge in [0, 0.05) is 6.07 Å². The highest BCUT2D eigenvalue weighted by molar-refractivity contribution is 5.89. The first-order valence-electron chi connectivity index (χ1n) is 4.66. The molecule has 2 N–H and O–H groups in total. The van der Waals surface area contributed by atoms with E-state index in [2.05, 4.69) is 0 Å². The largest absolute Gasteiger partial charge is 0.458 e. The molecule has 0 bridgehead atoms. The Morgan fingerprint density at radius 3 is 2.44 bits per heavy atom. The van der Waals surface area contributed by atoms with Crippen LogP contribution in [-0.4, -0.2) is 5.91 Å². The van der Waals surface area contributed by atoms with Crippen molar-refractivity contribution in [3.05, 3.63) is 58.6 Å². The summed E-state index contributed by atoms with van der Waals surface area (Å²) in [6.07, 6.45) is 1.25. The lowest BCUT2D eigenvalue weighted by Crippen LogP contribution is -2.14. The van der Waals surface area contributed by atoms with Gasteiger partial charge in [0.1, 0.15) is 6.26 Å². The van der Waals surface area contributed by atoms with Crippen molar-refractivity contribution in [2.45, 2.75) is 0 Å². The monoisotopic (exact) mass is 215 g/mol. The Hall–Kier alpha value is -2.36. The zero-order chi connectivity index (χ0) is 11.5. The molecule has 1 aromatic carbocycles. The zero-order valence-electron chi connectivity index (χ0n) is 8.34. The molecule has 4 heteroatoms. The second kappa shape index (κ2) is 4.02. The van der Waals surface area contributed by atoms with Gasteiger partial charge in [0.25, 0.3) is 5.91 Å². The van der Waals surface area contributed by atoms with Gasteiger partial charge >= 0.3 is 0 Å². The summed E-state index contributed by atoms with van der Waals surface area (Å²) in [5, 5.41) is 0. The molecule has 0 unspecified atom stereocenters. The minimum Gasteiger partial charge on any atom is -0.458 e. The summed E-state index contributed by atoms with van der Waals surface area (Å²) >= 11 is 0. The first-order valence-corrected chi connectivity index (χ1v) is 4.66. The van der Waals surface area contributed by atoms with Crippen molar-refractivity contribution < 1.29 is 9.21 Å². The van der Waals surface area contributed by atoms with Gasteiger partial charge in [-0.05, 0) is 5.56 Å². The fraction of sp³-hybridized carbons (Fsp3) is 0. The van der Waals surface area contributed by atoms with E-state index in [1.165, 1.54) is 6.26 Å². The lowest BCUT2D eigenvalue weighted by atomic mass is 10.1. The average Bonchev–Trinajstić information content (AvgIpc) is 2.30. The Morgan fingerprint density at radius 1 is 1.19 bits per heavy atom. The average molecular weight is 215 g/mol. The molecule has 2 rings (SSSR count). The number of hydrogen-bond donors (Lipinski definition) is 1. The third kappa shape index (κ3) is 1.86. The van der Waals surface area contributed by atoms with Crippen LogP contribution in [0.1, 0.15) is 10.6 Å². The van der Waals surface area contributed by atoms with Gasteiger partial charge in [-0.3, -0.25) is 9.59 Å². The van der Waals surface area contributed by atoms with Gasteiger partial charge in [0.15, 0.2) is 11.2 Å². The van der Waals surface area contributed by atoms with Crippen molar-refractivity contribution in [1.82, 2.24) is 0 Å². The maximum atomic E-state index is 11.7. The van der Waals surface area contributed by atoms with E-state index < -0.39 is 5.91 Å². The number of carbonyl (C=O) groups is 1. The second-order valence-electron chi connectivity index (χ2n) is 3.25. The molecule has 1 heterocycles. The molecule has 0 aliphatic carbocycles. The summed E-state index contributed by atoms with van der Waals surface area (Å²) in [7, 11) is 0. The SMILES string of the molecule is NC(=O)c1cc(=O)c(-c2ccccc2)co1. The molecular weight excluding hydrogens is 206 g/mol. The van der Waals surface area contributed by atoms with Crippen molar-refractivity contribution >= 4 is 5.91 Å². The fourth-order valence-corrected chi connectivity index (χ4v) is 1.37. The minimum atomic E-state index is -0.753. The Kier molecular flexibility index (Phi) is 2.55. The quantitative estimate of drug-likeness (QED) is 0.822. The molecule has 16 heavy (non-hydrogen) atoms. The molecule has 0 radical (unpaired) electrons. The number of primary amides is 1. The van der Waals surface area contributed by atoms with Gasteiger partial charge in [-0.15, -0.1) is 0 Å². The van der Waals surface area contributed by atoms with Crippen molar-refractivity contribution in [2.75, 3.05) is 0 Å². The van der Waals surface area contributed by atoms with E-state index in [4.69, 9.17) is 10.2 Å². The smallest absolute Gasteiger partial charge is 0.284 e. The van der Waals surface area contributed by atoms with Gasteiger partial charge in [-0.1, -0.05) is 30.3 Å². The predicted octanol–water partition coefficient (Wildman–Crippen LogP) is 1.41. The summed E-state index contributed by atoms with van der Waals surface area (Å²) in [6.45, 7) is 0. The maximum absolute atomic E-state index is 11.7. The van der Waals surface area contributed by atoms with Crippen molar-refractivity contribution in [2.24, 2.45) is 5.73 Å². The molecule has 0 aliphatic rings. The number of benzene rings is 1. The molecule has 4 nitrogen and oxygen atoms in total. The standard InChI is InChI=1S/C12H9NO3/c13-12(15)11-6-10(14)9(7-16-11)8-4-2-1-3-5-8/h1-7H,(H2,13,15). The van der Waals surface area contributed by atoms with Crippen LogP contribution in [0.2, 0.25) is 0 Å². The van der Waals surface area contributed by atoms with Crippen LogP contribution in [0.15, 0.2) is 51.9 Å². The normalized spacial score (nSPS) is 10.0. The lowest BCUT2D eigenvalue weighted by Gasteiger charge is -2.00. The van der Waals surface area contributed by atoms with E-state index in [0.717, 1.165) is 11.6 Å². The lowest BCUT2D eigenvalue weighted by molar-refractivity contribution is 0.0971. The van der Waals surface area contributed by atoms with Crippen LogP contribution in [0.5, 0.6) is 0 Å². The highest BCUT2D eigenvalue weighted by atomic mass is 16.3. The van der Waals surface area contributed by atoms with Crippen LogP contribution in [0.3, 0.4) is 0 Å². The van der Waals surface area contributed by atoms with Gasteiger partial charge in [0.2, 0.25) is 0 Å². The van der Waals surface area contributed by atoms with Crippen molar-refractivity contribution in [1.29, 1.82) is 0 Å². The number of nitrogens with two attached hydrogens (primary N) is 1. The van der Waals surface area contributed by atoms with Crippen LogP contribution < -0.4 is 11.2 Å². The first-order chi connectivity index (χ1) is 7.68. The molecule has 0 saturated carbocycles. The second-order valence-corrected chi connectivity index (χ2v) is 3.25. The number of hydrogen-bond acceptors (Lipinski definition) is 3. The highest BCUT2D eigenvalue weighted by Gasteiger charge is 2.08. The molecular formula is C12H9NO3. The summed E-state index contributed by atoms with van der Waals surface area (Å²) in [5.41, 5.74) is 5.86. The van der Waals surface area contributed by atoms with Crippen LogP contribution in [0.25, 0.3) is 11.1 Å². The molecule has 2 aromatic rings. The van der Waals surface area contributed by atoms with Crippen LogP contribution in [0, 0.1) is 0 Å². The first kappa shape index (κ1) is 10.2. The zero-order valence-corrected chi connectivity index (χ0v) is 8.34. The van der Waals surface area contributed by atoms with E-state index in [9.17, 15) is 9.59 Å². The molecule has 0 atom stereocenters. The molecule has 0 fully saturated rings. The molecule has 0 aliphatic heterocycles. The molecule has 0 spiro atoms. The minimum absolute atomic E-state index is 0.135. The van der Waals surface area contributed by atoms with Gasteiger partial charge < -0.3 is 10.2 Å². The van der Waals surface area contributed by atoms with Gasteiger partial charge in [0.05, 0.1) is 5.56 Å².